The van der Waals surface area contributed by atoms with E-state index in [2.05, 4.69) is 0 Å². The molecular weight excluding hydrogens is 196 g/mol. The van der Waals surface area contributed by atoms with E-state index in [1.807, 2.05) is 0 Å². The van der Waals surface area contributed by atoms with E-state index in [0.717, 1.165) is 11.8 Å². The van der Waals surface area contributed by atoms with E-state index < -0.39 is 5.97 Å². The smallest absolute Gasteiger partial charge is 0.313 e. The molecule has 0 saturated carbocycles. The van der Waals surface area contributed by atoms with Crippen LogP contribution in [-0.2, 0) is 4.79 Å². The molecule has 0 fully saturated rings. The van der Waals surface area contributed by atoms with Gasteiger partial charge in [-0.05, 0) is 11.4 Å². The highest BCUT2D eigenvalue weighted by molar-refractivity contribution is 8.14. The molecule has 12 heavy (non-hydrogen) atoms. The van der Waals surface area contributed by atoms with Crippen LogP contribution >= 0.6 is 23.1 Å². The molecule has 0 amide bonds. The maximum Gasteiger partial charge on any atom is 0.313 e. The van der Waals surface area contributed by atoms with Crippen LogP contribution in [0.3, 0.4) is 0 Å². The second kappa shape index (κ2) is 4.27. The zero-order chi connectivity index (χ0) is 8.97. The molecule has 0 aromatic carbocycles. The number of hydrogen-bond acceptors (Lipinski definition) is 4. The van der Waals surface area contributed by atoms with Crippen molar-refractivity contribution in [3.05, 3.63) is 22.4 Å². The Kier molecular flexibility index (Phi) is 3.31. The summed E-state index contributed by atoms with van der Waals surface area (Å²) in [6.45, 7) is 0. The van der Waals surface area contributed by atoms with Crippen molar-refractivity contribution >= 4 is 34.2 Å². The lowest BCUT2D eigenvalue weighted by Gasteiger charge is -1.92. The summed E-state index contributed by atoms with van der Waals surface area (Å²) < 4.78 is 0. The number of hydrogen-bond donors (Lipinski definition) is 1. The van der Waals surface area contributed by atoms with Crippen LogP contribution in [0.25, 0.3) is 0 Å². The Morgan fingerprint density at radius 1 is 1.58 bits per heavy atom. The average molecular weight is 202 g/mol. The fourth-order valence-electron chi connectivity index (χ4n) is 0.593. The third kappa shape index (κ3) is 2.67. The van der Waals surface area contributed by atoms with Crippen LogP contribution in [0.4, 0.5) is 0 Å². The minimum absolute atomic E-state index is 0.170. The Balaban J connectivity index is 2.45. The van der Waals surface area contributed by atoms with Crippen molar-refractivity contribution in [1.82, 2.24) is 0 Å². The standard InChI is InChI=1S/C7H6O3S2/c8-6(9)4-12-7(10)5-2-1-3-11-5/h1-3H,4H2,(H,8,9). The molecule has 1 heterocycles. The average Bonchev–Trinajstić information content (AvgIpc) is 2.51. The minimum atomic E-state index is -0.968. The molecule has 0 aliphatic rings. The summed E-state index contributed by atoms with van der Waals surface area (Å²) in [5, 5.41) is 9.90. The van der Waals surface area contributed by atoms with Gasteiger partial charge in [0, 0.05) is 0 Å². The van der Waals surface area contributed by atoms with E-state index in [1.54, 1.807) is 17.5 Å². The van der Waals surface area contributed by atoms with E-state index in [9.17, 15) is 9.59 Å². The molecule has 0 radical (unpaired) electrons. The lowest BCUT2D eigenvalue weighted by Crippen LogP contribution is -2.01. The van der Waals surface area contributed by atoms with Crippen LogP contribution in [0.5, 0.6) is 0 Å². The van der Waals surface area contributed by atoms with Crippen molar-refractivity contribution in [1.29, 1.82) is 0 Å². The predicted molar refractivity (Wildman–Crippen MR) is 48.7 cm³/mol. The Labute approximate surface area is 77.4 Å². The molecule has 0 bridgehead atoms. The second-order valence-electron chi connectivity index (χ2n) is 1.95. The lowest BCUT2D eigenvalue weighted by molar-refractivity contribution is -0.133. The zero-order valence-electron chi connectivity index (χ0n) is 6.02. The Hall–Kier alpha value is -0.810. The van der Waals surface area contributed by atoms with Crippen LogP contribution in [0, 0.1) is 0 Å². The number of aliphatic carboxylic acids is 1. The van der Waals surface area contributed by atoms with Crippen molar-refractivity contribution in [3.8, 4) is 0 Å². The highest BCUT2D eigenvalue weighted by atomic mass is 32.2. The third-order valence-electron chi connectivity index (χ3n) is 1.05. The van der Waals surface area contributed by atoms with Gasteiger partial charge in [0.2, 0.25) is 5.12 Å². The maximum absolute atomic E-state index is 11.1. The minimum Gasteiger partial charge on any atom is -0.481 e. The molecule has 1 aromatic rings. The molecule has 0 aliphatic carbocycles. The van der Waals surface area contributed by atoms with Gasteiger partial charge in [0.05, 0.1) is 10.6 Å². The van der Waals surface area contributed by atoms with Crippen LogP contribution in [0.15, 0.2) is 17.5 Å². The van der Waals surface area contributed by atoms with Gasteiger partial charge in [-0.2, -0.15) is 0 Å². The number of thiophene rings is 1. The molecule has 64 valence electrons. The first-order valence-corrected chi connectivity index (χ1v) is 4.99. The van der Waals surface area contributed by atoms with Crippen molar-refractivity contribution in [2.24, 2.45) is 0 Å². The molecule has 0 unspecified atom stereocenters. The lowest BCUT2D eigenvalue weighted by atomic mass is 10.5. The van der Waals surface area contributed by atoms with Crippen LogP contribution in [0.1, 0.15) is 9.67 Å². The fraction of sp³-hybridized carbons (Fsp3) is 0.143. The third-order valence-corrected chi connectivity index (χ3v) is 2.92. The summed E-state index contributed by atoms with van der Waals surface area (Å²) in [5.74, 6) is -1.14. The maximum atomic E-state index is 11.1. The van der Waals surface area contributed by atoms with Gasteiger partial charge >= 0.3 is 5.97 Å². The first-order chi connectivity index (χ1) is 5.70. The highest BCUT2D eigenvalue weighted by Gasteiger charge is 2.09. The number of carboxylic acid groups (broad SMARTS) is 1. The van der Waals surface area contributed by atoms with Gasteiger partial charge in [-0.3, -0.25) is 9.59 Å². The van der Waals surface area contributed by atoms with E-state index in [4.69, 9.17) is 5.11 Å². The quantitative estimate of drug-likeness (QED) is 0.810. The van der Waals surface area contributed by atoms with Crippen molar-refractivity contribution in [3.63, 3.8) is 0 Å². The number of rotatable bonds is 3. The Bertz CT molecular complexity index is 279. The van der Waals surface area contributed by atoms with E-state index in [0.29, 0.717) is 4.88 Å². The summed E-state index contributed by atoms with van der Waals surface area (Å²) in [7, 11) is 0. The number of thioether (sulfide) groups is 1. The van der Waals surface area contributed by atoms with Gasteiger partial charge in [0.25, 0.3) is 0 Å². The summed E-state index contributed by atoms with van der Waals surface area (Å²) in [6, 6.07) is 3.45. The van der Waals surface area contributed by atoms with Crippen LogP contribution in [-0.4, -0.2) is 21.9 Å². The van der Waals surface area contributed by atoms with Crippen molar-refractivity contribution < 1.29 is 14.7 Å². The first-order valence-electron chi connectivity index (χ1n) is 3.12. The largest absolute Gasteiger partial charge is 0.481 e. The number of carbonyl (C=O) groups is 2. The van der Waals surface area contributed by atoms with Gasteiger partial charge in [-0.25, -0.2) is 0 Å². The SMILES string of the molecule is O=C(O)CSC(=O)c1cccs1. The molecule has 3 nitrogen and oxygen atoms in total. The molecule has 0 aliphatic heterocycles. The first kappa shape index (κ1) is 9.28. The van der Waals surface area contributed by atoms with Gasteiger partial charge in [0.1, 0.15) is 0 Å². The second-order valence-corrected chi connectivity index (χ2v) is 3.84. The molecule has 0 saturated heterocycles. The Morgan fingerprint density at radius 2 is 2.33 bits per heavy atom. The highest BCUT2D eigenvalue weighted by Crippen LogP contribution is 2.16. The van der Waals surface area contributed by atoms with Gasteiger partial charge < -0.3 is 5.11 Å². The van der Waals surface area contributed by atoms with Gasteiger partial charge in [0.15, 0.2) is 0 Å². The van der Waals surface area contributed by atoms with E-state index in [-0.39, 0.29) is 10.9 Å². The van der Waals surface area contributed by atoms with Crippen LogP contribution < -0.4 is 0 Å². The van der Waals surface area contributed by atoms with Gasteiger partial charge in [-0.15, -0.1) is 11.3 Å². The molecular formula is C7H6O3S2. The van der Waals surface area contributed by atoms with Crippen molar-refractivity contribution in [2.45, 2.75) is 0 Å². The Morgan fingerprint density at radius 3 is 2.83 bits per heavy atom. The zero-order valence-corrected chi connectivity index (χ0v) is 7.65. The summed E-state index contributed by atoms with van der Waals surface area (Å²) in [6.07, 6.45) is 0. The van der Waals surface area contributed by atoms with Crippen LogP contribution in [0.2, 0.25) is 0 Å². The molecule has 0 spiro atoms. The fourth-order valence-corrected chi connectivity index (χ4v) is 1.94. The summed E-state index contributed by atoms with van der Waals surface area (Å²) in [5.41, 5.74) is 0. The number of carbonyl (C=O) groups excluding carboxylic acids is 1. The topological polar surface area (TPSA) is 54.4 Å². The predicted octanol–water partition coefficient (Wildman–Crippen LogP) is 1.71. The molecule has 0 atom stereocenters. The summed E-state index contributed by atoms with van der Waals surface area (Å²) >= 11 is 2.13. The normalized spacial score (nSPS) is 9.67. The van der Waals surface area contributed by atoms with Gasteiger partial charge in [-0.1, -0.05) is 17.8 Å². The monoisotopic (exact) mass is 202 g/mol. The molecule has 1 N–H and O–H groups in total. The van der Waals surface area contributed by atoms with E-state index >= 15 is 0 Å². The van der Waals surface area contributed by atoms with Crippen molar-refractivity contribution in [2.75, 3.05) is 5.75 Å². The molecule has 1 aromatic heterocycles. The molecule has 5 heteroatoms. The number of carboxylic acids is 1. The summed E-state index contributed by atoms with van der Waals surface area (Å²) in [4.78, 5) is 21.8. The van der Waals surface area contributed by atoms with E-state index in [1.165, 1.54) is 11.3 Å². The molecule has 1 rings (SSSR count).